The Kier molecular flexibility index (Phi) is 6.19. The number of hydrazine groups is 1. The van der Waals surface area contributed by atoms with Gasteiger partial charge in [-0.25, -0.2) is 5.01 Å². The molecule has 1 saturated heterocycles. The maximum absolute atomic E-state index is 14.2. The minimum absolute atomic E-state index is 0.105. The highest BCUT2D eigenvalue weighted by molar-refractivity contribution is 5.99. The summed E-state index contributed by atoms with van der Waals surface area (Å²) in [4.78, 5) is 28.8. The summed E-state index contributed by atoms with van der Waals surface area (Å²) in [6, 6.07) is 14.6. The molecule has 3 aliphatic rings. The van der Waals surface area contributed by atoms with Gasteiger partial charge in [-0.15, -0.1) is 0 Å². The Morgan fingerprint density at radius 1 is 1.11 bits per heavy atom. The molecule has 0 aromatic heterocycles. The number of rotatable bonds is 7. The first-order valence-electron chi connectivity index (χ1n) is 12.5. The molecule has 1 fully saturated rings. The largest absolute Gasteiger partial charge is 0.407 e. The fourth-order valence-electron chi connectivity index (χ4n) is 5.83. The zero-order valence-electron chi connectivity index (χ0n) is 20.5. The molecular formula is C28H30F3N3O2. The van der Waals surface area contributed by atoms with Gasteiger partial charge in [-0.2, -0.15) is 13.2 Å². The molecule has 1 aliphatic carbocycles. The van der Waals surface area contributed by atoms with Crippen LogP contribution in [0.3, 0.4) is 0 Å². The number of benzene rings is 2. The summed E-state index contributed by atoms with van der Waals surface area (Å²) in [6.07, 6.45) is -0.634. The molecule has 2 amide bonds. The van der Waals surface area contributed by atoms with Gasteiger partial charge < -0.3 is 4.90 Å². The molecule has 190 valence electrons. The number of amides is 2. The van der Waals surface area contributed by atoms with Gasteiger partial charge in [-0.1, -0.05) is 73.9 Å². The number of carbonyl (C=O) groups excluding carboxylic acids is 2. The smallest absolute Gasteiger partial charge is 0.329 e. The highest BCUT2D eigenvalue weighted by atomic mass is 19.4. The lowest BCUT2D eigenvalue weighted by Crippen LogP contribution is -2.68. The van der Waals surface area contributed by atoms with E-state index in [0.717, 1.165) is 33.7 Å². The summed E-state index contributed by atoms with van der Waals surface area (Å²) >= 11 is 0. The Balaban J connectivity index is 1.42. The summed E-state index contributed by atoms with van der Waals surface area (Å²) in [7, 11) is 0. The lowest BCUT2D eigenvalue weighted by atomic mass is 9.73. The van der Waals surface area contributed by atoms with Gasteiger partial charge in [0, 0.05) is 25.2 Å². The van der Waals surface area contributed by atoms with Crippen molar-refractivity contribution in [2.75, 3.05) is 19.6 Å². The van der Waals surface area contributed by atoms with Crippen LogP contribution < -0.4 is 0 Å². The van der Waals surface area contributed by atoms with E-state index in [4.69, 9.17) is 0 Å². The van der Waals surface area contributed by atoms with Crippen LogP contribution >= 0.6 is 0 Å². The maximum Gasteiger partial charge on any atom is 0.407 e. The third-order valence-corrected chi connectivity index (χ3v) is 7.77. The molecule has 0 saturated carbocycles. The Hall–Kier alpha value is -3.13. The van der Waals surface area contributed by atoms with Crippen molar-refractivity contribution in [2.45, 2.75) is 57.3 Å². The van der Waals surface area contributed by atoms with E-state index < -0.39 is 24.0 Å². The molecule has 5 nitrogen and oxygen atoms in total. The van der Waals surface area contributed by atoms with Crippen LogP contribution in [-0.4, -0.2) is 58.6 Å². The van der Waals surface area contributed by atoms with E-state index in [9.17, 15) is 22.8 Å². The van der Waals surface area contributed by atoms with Crippen molar-refractivity contribution in [3.63, 3.8) is 0 Å². The van der Waals surface area contributed by atoms with Crippen molar-refractivity contribution in [3.05, 3.63) is 76.4 Å². The lowest BCUT2D eigenvalue weighted by Gasteiger charge is -2.51. The number of unbranched alkanes of at least 4 members (excludes halogenated alkanes) is 1. The second-order valence-electron chi connectivity index (χ2n) is 10.0. The van der Waals surface area contributed by atoms with Crippen molar-refractivity contribution >= 4 is 17.9 Å². The van der Waals surface area contributed by atoms with Gasteiger partial charge in [-0.3, -0.25) is 14.6 Å². The number of halogens is 3. The van der Waals surface area contributed by atoms with Gasteiger partial charge in [0.1, 0.15) is 6.54 Å². The standard InChI is InChI=1S/C28H30F3N3O2/c1-3-4-13-27(19(2)14-20-9-6-8-12-24(20)27)26(36)34(18-28(29,30)31)32-16-22(17-32)33-15-21-10-5-7-11-23(21)25(33)35/h5-12,14,22H,3-4,13,15-18H2,1-2H3. The Labute approximate surface area is 209 Å². The van der Waals surface area contributed by atoms with Gasteiger partial charge in [0.05, 0.1) is 11.5 Å². The Bertz CT molecular complexity index is 1220. The molecule has 2 aliphatic heterocycles. The van der Waals surface area contributed by atoms with Crippen LogP contribution in [0.15, 0.2) is 54.1 Å². The van der Waals surface area contributed by atoms with E-state index in [0.29, 0.717) is 24.9 Å². The summed E-state index contributed by atoms with van der Waals surface area (Å²) in [6.45, 7) is 3.33. The zero-order valence-corrected chi connectivity index (χ0v) is 20.5. The summed E-state index contributed by atoms with van der Waals surface area (Å²) in [5, 5.41) is 2.37. The number of fused-ring (bicyclic) bond motifs is 2. The Morgan fingerprint density at radius 3 is 2.50 bits per heavy atom. The molecule has 0 bridgehead atoms. The van der Waals surface area contributed by atoms with Crippen LogP contribution in [0.25, 0.3) is 6.08 Å². The second-order valence-corrected chi connectivity index (χ2v) is 10.0. The molecular weight excluding hydrogens is 467 g/mol. The summed E-state index contributed by atoms with van der Waals surface area (Å²) in [5.74, 6) is -0.645. The number of nitrogens with zero attached hydrogens (tertiary/aromatic N) is 3. The average molecular weight is 498 g/mol. The summed E-state index contributed by atoms with van der Waals surface area (Å²) < 4.78 is 41.3. The quantitative estimate of drug-likeness (QED) is 0.530. The number of alkyl halides is 3. The summed E-state index contributed by atoms with van der Waals surface area (Å²) in [5.41, 5.74) is 2.87. The van der Waals surface area contributed by atoms with Crippen LogP contribution in [-0.2, 0) is 16.8 Å². The number of hydrogen-bond donors (Lipinski definition) is 0. The molecule has 2 heterocycles. The predicted octanol–water partition coefficient (Wildman–Crippen LogP) is 5.18. The molecule has 8 heteroatoms. The monoisotopic (exact) mass is 497 g/mol. The molecule has 5 rings (SSSR count). The topological polar surface area (TPSA) is 43.9 Å². The lowest BCUT2D eigenvalue weighted by molar-refractivity contribution is -0.210. The van der Waals surface area contributed by atoms with E-state index in [1.165, 1.54) is 5.01 Å². The molecule has 1 unspecified atom stereocenters. The second kappa shape index (κ2) is 9.07. The highest BCUT2D eigenvalue weighted by Gasteiger charge is 2.53. The number of carbonyl (C=O) groups is 2. The normalized spacial score (nSPS) is 21.8. The van der Waals surface area contributed by atoms with Gasteiger partial charge in [0.25, 0.3) is 11.8 Å². The van der Waals surface area contributed by atoms with Gasteiger partial charge in [-0.05, 0) is 36.1 Å². The van der Waals surface area contributed by atoms with Crippen LogP contribution in [0.1, 0.15) is 60.2 Å². The van der Waals surface area contributed by atoms with Crippen molar-refractivity contribution < 1.29 is 22.8 Å². The first-order chi connectivity index (χ1) is 17.2. The molecule has 36 heavy (non-hydrogen) atoms. The van der Waals surface area contributed by atoms with Gasteiger partial charge in [0.2, 0.25) is 0 Å². The van der Waals surface area contributed by atoms with Crippen molar-refractivity contribution in [2.24, 2.45) is 0 Å². The predicted molar refractivity (Wildman–Crippen MR) is 131 cm³/mol. The zero-order chi connectivity index (χ0) is 25.7. The van der Waals surface area contributed by atoms with E-state index in [1.54, 1.807) is 11.0 Å². The van der Waals surface area contributed by atoms with Crippen molar-refractivity contribution in [3.8, 4) is 0 Å². The molecule has 2 aromatic rings. The molecule has 0 radical (unpaired) electrons. The van der Waals surface area contributed by atoms with Gasteiger partial charge in [0.15, 0.2) is 0 Å². The number of hydrogen-bond acceptors (Lipinski definition) is 3. The van der Waals surface area contributed by atoms with Crippen LogP contribution in [0.4, 0.5) is 13.2 Å². The highest BCUT2D eigenvalue weighted by Crippen LogP contribution is 2.47. The average Bonchev–Trinajstić information content (AvgIpc) is 3.29. The first-order valence-corrected chi connectivity index (χ1v) is 12.5. The van der Waals surface area contributed by atoms with Crippen molar-refractivity contribution in [1.29, 1.82) is 0 Å². The third kappa shape index (κ3) is 4.01. The maximum atomic E-state index is 14.2. The van der Waals surface area contributed by atoms with Crippen molar-refractivity contribution in [1.82, 2.24) is 14.9 Å². The van der Waals surface area contributed by atoms with Gasteiger partial charge >= 0.3 is 6.18 Å². The molecule has 0 spiro atoms. The van der Waals surface area contributed by atoms with E-state index in [1.807, 2.05) is 62.4 Å². The van der Waals surface area contributed by atoms with E-state index in [-0.39, 0.29) is 25.0 Å². The molecule has 0 N–H and O–H groups in total. The minimum Gasteiger partial charge on any atom is -0.329 e. The SMILES string of the molecule is CCCCC1(C(=O)N(CC(F)(F)F)N2CC(N3Cc4ccccc4C3=O)C2)C(C)=Cc2ccccc21. The molecule has 2 aromatic carbocycles. The minimum atomic E-state index is -4.55. The van der Waals surface area contributed by atoms with E-state index >= 15 is 0 Å². The Morgan fingerprint density at radius 2 is 1.81 bits per heavy atom. The van der Waals surface area contributed by atoms with Crippen LogP contribution in [0.5, 0.6) is 0 Å². The fourth-order valence-corrected chi connectivity index (χ4v) is 5.83. The van der Waals surface area contributed by atoms with Crippen LogP contribution in [0.2, 0.25) is 0 Å². The van der Waals surface area contributed by atoms with Crippen LogP contribution in [0, 0.1) is 0 Å². The molecule has 1 atom stereocenters. The first kappa shape index (κ1) is 24.6. The van der Waals surface area contributed by atoms with E-state index in [2.05, 4.69) is 0 Å². The third-order valence-electron chi connectivity index (χ3n) is 7.77. The fraction of sp³-hybridized carbons (Fsp3) is 0.429.